The van der Waals surface area contributed by atoms with Crippen molar-refractivity contribution in [2.24, 2.45) is 32.9 Å². The fourth-order valence-electron chi connectivity index (χ4n) is 3.92. The second-order valence-corrected chi connectivity index (χ2v) is 10.7. The SMILES string of the molecule is CC(=O)O.CC(=O)O.N=C(N=C(N)N)N(CCCCCCCCCCN(C(=N)N=C(N)N)c1ccc(Cl)cc1)c1ccc(Cl)cc1. The summed E-state index contributed by atoms with van der Waals surface area (Å²) >= 11 is 12.0. The lowest BCUT2D eigenvalue weighted by Crippen LogP contribution is -2.34. The minimum atomic E-state index is -0.833. The molecule has 0 fully saturated rings. The van der Waals surface area contributed by atoms with Gasteiger partial charge in [0.15, 0.2) is 11.9 Å². The number of hydrogen-bond acceptors (Lipinski definition) is 4. The van der Waals surface area contributed by atoms with Crippen molar-refractivity contribution in [2.75, 3.05) is 22.9 Å². The maximum Gasteiger partial charge on any atom is 0.300 e. The minimum absolute atomic E-state index is 0.00730. The second kappa shape index (κ2) is 23.8. The zero-order chi connectivity index (χ0) is 35.1. The van der Waals surface area contributed by atoms with Crippen LogP contribution in [0.4, 0.5) is 11.4 Å². The first-order valence-corrected chi connectivity index (χ1v) is 15.2. The van der Waals surface area contributed by atoms with Crippen LogP contribution in [0, 0.1) is 10.8 Å². The maximum absolute atomic E-state index is 9.00. The number of rotatable bonds is 13. The van der Waals surface area contributed by atoms with E-state index in [0.29, 0.717) is 23.1 Å². The van der Waals surface area contributed by atoms with Crippen molar-refractivity contribution in [1.82, 2.24) is 0 Å². The first kappa shape index (κ1) is 41.4. The number of carbonyl (C=O) groups is 2. The molecule has 2 rings (SSSR count). The highest BCUT2D eigenvalue weighted by Gasteiger charge is 2.13. The van der Waals surface area contributed by atoms with Crippen LogP contribution in [0.25, 0.3) is 0 Å². The molecule has 2 aromatic rings. The molecule has 0 spiro atoms. The highest BCUT2D eigenvalue weighted by atomic mass is 35.5. The predicted molar refractivity (Wildman–Crippen MR) is 188 cm³/mol. The fourth-order valence-corrected chi connectivity index (χ4v) is 4.17. The summed E-state index contributed by atoms with van der Waals surface area (Å²) in [6.45, 7) is 3.44. The molecule has 0 unspecified atom stereocenters. The summed E-state index contributed by atoms with van der Waals surface area (Å²) in [5, 5.41) is 32.6. The predicted octanol–water partition coefficient (Wildman–Crippen LogP) is 5.03. The Morgan fingerprint density at radius 2 is 0.848 bits per heavy atom. The van der Waals surface area contributed by atoms with Gasteiger partial charge in [-0.3, -0.25) is 20.4 Å². The molecular formula is C30H46Cl2N10O4. The van der Waals surface area contributed by atoms with Crippen LogP contribution < -0.4 is 32.7 Å². The molecule has 0 atom stereocenters. The zero-order valence-corrected chi connectivity index (χ0v) is 27.8. The van der Waals surface area contributed by atoms with Crippen molar-refractivity contribution in [1.29, 1.82) is 10.8 Å². The lowest BCUT2D eigenvalue weighted by atomic mass is 10.1. The number of nitrogens with zero attached hydrogens (tertiary/aromatic N) is 4. The number of nitrogens with two attached hydrogens (primary N) is 4. The summed E-state index contributed by atoms with van der Waals surface area (Å²) in [5.74, 6) is -1.93. The van der Waals surface area contributed by atoms with Gasteiger partial charge >= 0.3 is 0 Å². The first-order chi connectivity index (χ1) is 21.6. The molecule has 0 bridgehead atoms. The average Bonchev–Trinajstić information content (AvgIpc) is 2.94. The molecule has 0 aliphatic heterocycles. The summed E-state index contributed by atoms with van der Waals surface area (Å²) in [7, 11) is 0. The quantitative estimate of drug-likeness (QED) is 0.0795. The van der Waals surface area contributed by atoms with Gasteiger partial charge in [-0.05, 0) is 61.4 Å². The number of aliphatic imine (C=N–C) groups is 2. The molecule has 0 heterocycles. The third-order valence-electron chi connectivity index (χ3n) is 5.77. The molecule has 0 aromatic heterocycles. The lowest BCUT2D eigenvalue weighted by molar-refractivity contribution is -0.135. The Labute approximate surface area is 280 Å². The van der Waals surface area contributed by atoms with E-state index >= 15 is 0 Å². The number of unbranched alkanes of at least 4 members (excludes halogenated alkanes) is 7. The standard InChI is InChI=1S/C26H38Cl2N10.2C2H4O2/c27-19-9-13-21(14-10-19)37(25(33)35-23(29)30)17-7-5-3-1-2-4-6-8-18-38(26(34)36-24(31)32)22-15-11-20(28)12-16-22;2*1-2(3)4/h9-16H,1-8,17-18H2,(H5,29,30,33,35)(H5,31,32,34,36);2*1H3,(H,3,4). The van der Waals surface area contributed by atoms with Crippen LogP contribution >= 0.6 is 23.2 Å². The maximum atomic E-state index is 9.00. The minimum Gasteiger partial charge on any atom is -0.481 e. The van der Waals surface area contributed by atoms with Crippen LogP contribution in [0.2, 0.25) is 10.0 Å². The van der Waals surface area contributed by atoms with E-state index in [0.717, 1.165) is 76.6 Å². The highest BCUT2D eigenvalue weighted by molar-refractivity contribution is 6.31. The summed E-state index contributed by atoms with van der Waals surface area (Å²) in [6.07, 6.45) is 8.39. The molecule has 254 valence electrons. The Bertz CT molecular complexity index is 1170. The van der Waals surface area contributed by atoms with Crippen LogP contribution in [0.3, 0.4) is 0 Å². The van der Waals surface area contributed by atoms with Gasteiger partial charge in [0.25, 0.3) is 11.9 Å². The van der Waals surface area contributed by atoms with E-state index in [2.05, 4.69) is 9.98 Å². The molecule has 0 aliphatic carbocycles. The van der Waals surface area contributed by atoms with E-state index in [1.54, 1.807) is 34.1 Å². The van der Waals surface area contributed by atoms with Gasteiger partial charge in [0.1, 0.15) is 0 Å². The third kappa shape index (κ3) is 21.2. The lowest BCUT2D eigenvalue weighted by Gasteiger charge is -2.23. The number of carboxylic acids is 2. The van der Waals surface area contributed by atoms with Gasteiger partial charge in [-0.15, -0.1) is 0 Å². The largest absolute Gasteiger partial charge is 0.481 e. The van der Waals surface area contributed by atoms with Crippen molar-refractivity contribution < 1.29 is 19.8 Å². The van der Waals surface area contributed by atoms with E-state index in [1.807, 2.05) is 24.3 Å². The molecule has 0 radical (unpaired) electrons. The van der Waals surface area contributed by atoms with Crippen molar-refractivity contribution >= 4 is 70.4 Å². The normalized spacial score (nSPS) is 9.74. The smallest absolute Gasteiger partial charge is 0.300 e. The zero-order valence-electron chi connectivity index (χ0n) is 26.3. The van der Waals surface area contributed by atoms with Gasteiger partial charge in [-0.1, -0.05) is 61.7 Å². The molecule has 14 nitrogen and oxygen atoms in total. The summed E-state index contributed by atoms with van der Waals surface area (Å²) in [5.41, 5.74) is 23.5. The van der Waals surface area contributed by atoms with E-state index in [-0.39, 0.29) is 23.8 Å². The third-order valence-corrected chi connectivity index (χ3v) is 6.28. The number of nitrogens with one attached hydrogen (secondary N) is 2. The Balaban J connectivity index is 0.00000226. The van der Waals surface area contributed by atoms with Gasteiger partial charge < -0.3 is 42.9 Å². The van der Waals surface area contributed by atoms with Crippen LogP contribution in [0.1, 0.15) is 65.2 Å². The number of benzene rings is 2. The molecule has 0 saturated heterocycles. The molecule has 2 aromatic carbocycles. The van der Waals surface area contributed by atoms with Crippen molar-refractivity contribution in [3.05, 3.63) is 58.6 Å². The van der Waals surface area contributed by atoms with Crippen LogP contribution in [-0.4, -0.2) is 59.1 Å². The monoisotopic (exact) mass is 680 g/mol. The summed E-state index contributed by atoms with van der Waals surface area (Å²) in [6, 6.07) is 14.5. The topological polar surface area (TPSA) is 258 Å². The Hall–Kier alpha value is -4.56. The number of hydrogen-bond donors (Lipinski definition) is 8. The van der Waals surface area contributed by atoms with Gasteiger partial charge in [-0.2, -0.15) is 9.98 Å². The van der Waals surface area contributed by atoms with Crippen LogP contribution in [-0.2, 0) is 9.59 Å². The molecule has 16 heteroatoms. The fraction of sp³-hybridized carbons (Fsp3) is 0.400. The van der Waals surface area contributed by atoms with Crippen LogP contribution in [0.5, 0.6) is 0 Å². The molecule has 0 amide bonds. The Kier molecular flexibility index (Phi) is 21.4. The van der Waals surface area contributed by atoms with Crippen molar-refractivity contribution in [2.45, 2.75) is 65.2 Å². The van der Waals surface area contributed by atoms with Gasteiger partial charge in [0.2, 0.25) is 11.9 Å². The van der Waals surface area contributed by atoms with Gasteiger partial charge in [0, 0.05) is 48.4 Å². The van der Waals surface area contributed by atoms with Crippen molar-refractivity contribution in [3.63, 3.8) is 0 Å². The van der Waals surface area contributed by atoms with Gasteiger partial charge in [-0.25, -0.2) is 0 Å². The van der Waals surface area contributed by atoms with E-state index < -0.39 is 11.9 Å². The van der Waals surface area contributed by atoms with E-state index in [4.69, 9.17) is 76.8 Å². The van der Waals surface area contributed by atoms with E-state index in [1.165, 1.54) is 0 Å². The number of halogens is 2. The molecule has 12 N–H and O–H groups in total. The average molecular weight is 682 g/mol. The number of guanidine groups is 4. The summed E-state index contributed by atoms with van der Waals surface area (Å²) in [4.78, 5) is 29.4. The van der Waals surface area contributed by atoms with E-state index in [9.17, 15) is 0 Å². The Morgan fingerprint density at radius 3 is 1.09 bits per heavy atom. The Morgan fingerprint density at radius 1 is 0.609 bits per heavy atom. The number of aliphatic carboxylic acids is 2. The first-order valence-electron chi connectivity index (χ1n) is 14.5. The number of carboxylic acid groups (broad SMARTS) is 2. The van der Waals surface area contributed by atoms with Crippen LogP contribution in [0.15, 0.2) is 58.5 Å². The number of anilines is 2. The second-order valence-electron chi connectivity index (χ2n) is 9.84. The molecule has 46 heavy (non-hydrogen) atoms. The highest BCUT2D eigenvalue weighted by Crippen LogP contribution is 2.21. The summed E-state index contributed by atoms with van der Waals surface area (Å²) < 4.78 is 0. The molecule has 0 aliphatic rings. The molecular weight excluding hydrogens is 635 g/mol. The molecule has 0 saturated carbocycles. The van der Waals surface area contributed by atoms with Crippen molar-refractivity contribution in [3.8, 4) is 0 Å². The van der Waals surface area contributed by atoms with Gasteiger partial charge in [0.05, 0.1) is 0 Å².